The molecule has 0 bridgehead atoms. The van der Waals surface area contributed by atoms with E-state index in [4.69, 9.17) is 0 Å². The van der Waals surface area contributed by atoms with Crippen LogP contribution in [0.4, 0.5) is 11.4 Å². The Morgan fingerprint density at radius 2 is 1.24 bits per heavy atom. The van der Waals surface area contributed by atoms with Gasteiger partial charge in [-0.25, -0.2) is 0 Å². The maximum Gasteiger partial charge on any atom is 0.0451 e. The first-order valence-corrected chi connectivity index (χ1v) is 12.3. The zero-order chi connectivity index (χ0) is 24.3. The van der Waals surface area contributed by atoms with Gasteiger partial charge in [-0.3, -0.25) is 0 Å². The van der Waals surface area contributed by atoms with Crippen LogP contribution < -0.4 is 4.90 Å². The monoisotopic (exact) mass is 445 g/mol. The highest BCUT2D eigenvalue weighted by molar-refractivity contribution is 5.86. The van der Waals surface area contributed by atoms with Crippen LogP contribution in [0.25, 0.3) is 22.3 Å². The molecular formula is C33H35N. The van der Waals surface area contributed by atoms with E-state index in [9.17, 15) is 0 Å². The van der Waals surface area contributed by atoms with E-state index < -0.39 is 0 Å². The first kappa shape index (κ1) is 22.5. The highest BCUT2D eigenvalue weighted by atomic mass is 15.2. The second-order valence-corrected chi connectivity index (χ2v) is 11.2. The number of anilines is 2. The van der Waals surface area contributed by atoms with Crippen molar-refractivity contribution in [2.75, 3.05) is 4.90 Å². The van der Waals surface area contributed by atoms with Crippen molar-refractivity contribution in [1.29, 1.82) is 0 Å². The lowest BCUT2D eigenvalue weighted by molar-refractivity contribution is 0.558. The second-order valence-electron chi connectivity index (χ2n) is 11.2. The van der Waals surface area contributed by atoms with Crippen LogP contribution in [0.1, 0.15) is 56.9 Å². The summed E-state index contributed by atoms with van der Waals surface area (Å²) in [5.41, 5.74) is 13.2. The van der Waals surface area contributed by atoms with Gasteiger partial charge >= 0.3 is 0 Å². The van der Waals surface area contributed by atoms with Gasteiger partial charge in [-0.2, -0.15) is 0 Å². The quantitative estimate of drug-likeness (QED) is 0.304. The number of benzene rings is 4. The van der Waals surface area contributed by atoms with E-state index >= 15 is 0 Å². The number of hydrogen-bond acceptors (Lipinski definition) is 1. The van der Waals surface area contributed by atoms with E-state index in [0.717, 1.165) is 0 Å². The summed E-state index contributed by atoms with van der Waals surface area (Å²) >= 11 is 0. The number of hydrogen-bond donors (Lipinski definition) is 0. The Labute approximate surface area is 205 Å². The van der Waals surface area contributed by atoms with E-state index in [1.165, 1.54) is 55.9 Å². The normalized spacial score (nSPS) is 14.0. The predicted octanol–water partition coefficient (Wildman–Crippen LogP) is 9.21. The molecule has 4 aromatic rings. The van der Waals surface area contributed by atoms with Gasteiger partial charge in [0.25, 0.3) is 0 Å². The smallest absolute Gasteiger partial charge is 0.0451 e. The van der Waals surface area contributed by atoms with Crippen molar-refractivity contribution < 1.29 is 0 Å². The summed E-state index contributed by atoms with van der Waals surface area (Å²) in [5, 5.41) is 0. The summed E-state index contributed by atoms with van der Waals surface area (Å²) in [6.45, 7) is 16.1. The SMILES string of the molecule is Cc1ccc(-c2ccccc2)cc1N(c1cc2c(cc1C)C(C)(C)c1ccccc1-2)C(C)(C)C. The molecule has 0 spiro atoms. The molecule has 0 radical (unpaired) electrons. The van der Waals surface area contributed by atoms with Crippen LogP contribution in [0.2, 0.25) is 0 Å². The number of fused-ring (bicyclic) bond motifs is 3. The lowest BCUT2D eigenvalue weighted by Gasteiger charge is -2.40. The summed E-state index contributed by atoms with van der Waals surface area (Å²) in [6, 6.07) is 31.3. The number of rotatable bonds is 3. The van der Waals surface area contributed by atoms with Gasteiger partial charge in [0, 0.05) is 22.3 Å². The zero-order valence-corrected chi connectivity index (χ0v) is 21.5. The third-order valence-corrected chi connectivity index (χ3v) is 7.37. The van der Waals surface area contributed by atoms with Gasteiger partial charge in [0.15, 0.2) is 0 Å². The highest BCUT2D eigenvalue weighted by Gasteiger charge is 2.37. The van der Waals surface area contributed by atoms with Crippen LogP contribution in [-0.4, -0.2) is 5.54 Å². The Bertz CT molecular complexity index is 1370. The highest BCUT2D eigenvalue weighted by Crippen LogP contribution is 2.51. The minimum atomic E-state index is -0.0906. The molecule has 0 heterocycles. The summed E-state index contributed by atoms with van der Waals surface area (Å²) in [5.74, 6) is 0. The average Bonchev–Trinajstić information content (AvgIpc) is 3.02. The van der Waals surface area contributed by atoms with Gasteiger partial charge < -0.3 is 4.90 Å². The molecule has 0 aromatic heterocycles. The Kier molecular flexibility index (Phi) is 5.20. The van der Waals surface area contributed by atoms with Crippen molar-refractivity contribution in [2.45, 2.75) is 59.4 Å². The fourth-order valence-corrected chi connectivity index (χ4v) is 5.60. The molecule has 0 fully saturated rings. The van der Waals surface area contributed by atoms with E-state index in [1.807, 2.05) is 0 Å². The summed E-state index contributed by atoms with van der Waals surface area (Å²) < 4.78 is 0. The van der Waals surface area contributed by atoms with Gasteiger partial charge in [0.1, 0.15) is 0 Å². The lowest BCUT2D eigenvalue weighted by atomic mass is 9.82. The Hall–Kier alpha value is -3.32. The zero-order valence-electron chi connectivity index (χ0n) is 21.5. The van der Waals surface area contributed by atoms with Crippen LogP contribution in [0.15, 0.2) is 84.9 Å². The molecular weight excluding hydrogens is 410 g/mol. The average molecular weight is 446 g/mol. The Balaban J connectivity index is 1.73. The Morgan fingerprint density at radius 1 is 0.588 bits per heavy atom. The van der Waals surface area contributed by atoms with Gasteiger partial charge in [-0.1, -0.05) is 86.6 Å². The Morgan fingerprint density at radius 3 is 1.94 bits per heavy atom. The first-order valence-electron chi connectivity index (χ1n) is 12.3. The minimum Gasteiger partial charge on any atom is -0.336 e. The molecule has 1 nitrogen and oxygen atoms in total. The molecule has 0 N–H and O–H groups in total. The van der Waals surface area contributed by atoms with E-state index in [0.29, 0.717) is 0 Å². The fourth-order valence-electron chi connectivity index (χ4n) is 5.60. The molecule has 34 heavy (non-hydrogen) atoms. The molecule has 1 heteroatoms. The first-order chi connectivity index (χ1) is 16.1. The van der Waals surface area contributed by atoms with E-state index in [2.05, 4.69) is 138 Å². The lowest BCUT2D eigenvalue weighted by Crippen LogP contribution is -2.38. The molecule has 1 aliphatic rings. The fraction of sp³-hybridized carbons (Fsp3) is 0.273. The predicted molar refractivity (Wildman–Crippen MR) is 147 cm³/mol. The maximum atomic E-state index is 2.54. The number of aryl methyl sites for hydroxylation is 2. The van der Waals surface area contributed by atoms with Crippen molar-refractivity contribution in [3.05, 3.63) is 107 Å². The summed E-state index contributed by atoms with van der Waals surface area (Å²) in [4.78, 5) is 2.54. The summed E-state index contributed by atoms with van der Waals surface area (Å²) in [7, 11) is 0. The largest absolute Gasteiger partial charge is 0.336 e. The number of nitrogens with zero attached hydrogens (tertiary/aromatic N) is 1. The molecule has 0 saturated heterocycles. The second kappa shape index (κ2) is 7.87. The van der Waals surface area contributed by atoms with Crippen molar-refractivity contribution in [3.8, 4) is 22.3 Å². The minimum absolute atomic E-state index is 0.0188. The van der Waals surface area contributed by atoms with Crippen molar-refractivity contribution >= 4 is 11.4 Å². The third kappa shape index (κ3) is 3.55. The molecule has 0 atom stereocenters. The van der Waals surface area contributed by atoms with Gasteiger partial charge in [-0.15, -0.1) is 0 Å². The van der Waals surface area contributed by atoms with Crippen molar-refractivity contribution in [3.63, 3.8) is 0 Å². The van der Waals surface area contributed by atoms with Crippen LogP contribution in [0, 0.1) is 13.8 Å². The van der Waals surface area contributed by atoms with Crippen LogP contribution in [0.3, 0.4) is 0 Å². The maximum absolute atomic E-state index is 2.54. The van der Waals surface area contributed by atoms with Gasteiger partial charge in [0.2, 0.25) is 0 Å². The molecule has 4 aromatic carbocycles. The van der Waals surface area contributed by atoms with Crippen molar-refractivity contribution in [1.82, 2.24) is 0 Å². The summed E-state index contributed by atoms with van der Waals surface area (Å²) in [6.07, 6.45) is 0. The molecule has 0 saturated carbocycles. The molecule has 172 valence electrons. The molecule has 0 amide bonds. The van der Waals surface area contributed by atoms with Crippen LogP contribution in [-0.2, 0) is 5.41 Å². The van der Waals surface area contributed by atoms with Crippen LogP contribution in [0.5, 0.6) is 0 Å². The van der Waals surface area contributed by atoms with Crippen LogP contribution >= 0.6 is 0 Å². The van der Waals surface area contributed by atoms with E-state index in [1.54, 1.807) is 0 Å². The molecule has 1 aliphatic carbocycles. The van der Waals surface area contributed by atoms with Crippen molar-refractivity contribution in [2.24, 2.45) is 0 Å². The third-order valence-electron chi connectivity index (χ3n) is 7.37. The molecule has 0 aliphatic heterocycles. The standard InChI is InChI=1S/C33H35N/c1-22-17-18-25(24-13-9-8-10-14-24)20-30(22)34(32(3,4)5)31-21-27-26-15-11-12-16-28(26)33(6,7)29(27)19-23(31)2/h8-21H,1-7H3. The topological polar surface area (TPSA) is 3.24 Å². The van der Waals surface area contributed by atoms with Gasteiger partial charge in [-0.05, 0) is 91.3 Å². The molecule has 5 rings (SSSR count). The van der Waals surface area contributed by atoms with E-state index in [-0.39, 0.29) is 11.0 Å². The van der Waals surface area contributed by atoms with Gasteiger partial charge in [0.05, 0.1) is 0 Å². The molecule has 0 unspecified atom stereocenters.